The maximum absolute atomic E-state index is 6.06. The number of aromatic nitrogens is 3. The molecule has 5 nitrogen and oxygen atoms in total. The second kappa shape index (κ2) is 11.6. The van der Waals surface area contributed by atoms with E-state index in [9.17, 15) is 0 Å². The molecule has 6 aromatic carbocycles. The van der Waals surface area contributed by atoms with Crippen molar-refractivity contribution in [2.24, 2.45) is 0 Å². The highest BCUT2D eigenvalue weighted by Gasteiger charge is 2.16. The standard InChI is InChI=1S/C43H28N4O/c1-2-10-30(11-3-1)37-28-40(45-39-14-8-26-44-42(37)39)31-17-21-34(22-18-31)47(36-25-16-29-9-4-5-12-33(29)27-36)35-23-19-32(20-24-35)43-46-38-13-6-7-15-41(38)48-43/h1-28H. The maximum Gasteiger partial charge on any atom is 0.227 e. The van der Waals surface area contributed by atoms with Crippen LogP contribution < -0.4 is 4.90 Å². The van der Waals surface area contributed by atoms with Crippen molar-refractivity contribution >= 4 is 50.0 Å². The van der Waals surface area contributed by atoms with E-state index in [-0.39, 0.29) is 0 Å². The Bertz CT molecular complexity index is 2520. The average Bonchev–Trinajstić information content (AvgIpc) is 3.60. The minimum absolute atomic E-state index is 0.609. The van der Waals surface area contributed by atoms with Crippen LogP contribution in [0.5, 0.6) is 0 Å². The highest BCUT2D eigenvalue weighted by Crippen LogP contribution is 2.39. The molecule has 226 valence electrons. The molecule has 0 fully saturated rings. The van der Waals surface area contributed by atoms with E-state index in [1.165, 1.54) is 10.8 Å². The number of oxazole rings is 1. The Labute approximate surface area is 277 Å². The second-order valence-corrected chi connectivity index (χ2v) is 11.7. The molecule has 9 rings (SSSR count). The zero-order valence-electron chi connectivity index (χ0n) is 25.9. The fourth-order valence-corrected chi connectivity index (χ4v) is 6.34. The fourth-order valence-electron chi connectivity index (χ4n) is 6.34. The third-order valence-electron chi connectivity index (χ3n) is 8.73. The summed E-state index contributed by atoms with van der Waals surface area (Å²) in [5.74, 6) is 0.609. The number of pyridine rings is 2. The van der Waals surface area contributed by atoms with Crippen LogP contribution in [0.3, 0.4) is 0 Å². The first kappa shape index (κ1) is 27.7. The summed E-state index contributed by atoms with van der Waals surface area (Å²) in [7, 11) is 0. The molecule has 0 spiro atoms. The molecule has 0 aliphatic carbocycles. The van der Waals surface area contributed by atoms with Gasteiger partial charge in [0.05, 0.1) is 16.7 Å². The first-order valence-electron chi connectivity index (χ1n) is 15.9. The summed E-state index contributed by atoms with van der Waals surface area (Å²) >= 11 is 0. The third-order valence-corrected chi connectivity index (χ3v) is 8.73. The molecule has 3 aromatic heterocycles. The van der Waals surface area contributed by atoms with E-state index in [1.807, 2.05) is 48.7 Å². The Kier molecular flexibility index (Phi) is 6.72. The molecule has 0 amide bonds. The molecule has 0 aliphatic heterocycles. The number of nitrogens with zero attached hydrogens (tertiary/aromatic N) is 4. The van der Waals surface area contributed by atoms with Gasteiger partial charge in [0.1, 0.15) is 5.52 Å². The summed E-state index contributed by atoms with van der Waals surface area (Å²) in [6, 6.07) is 56.4. The van der Waals surface area contributed by atoms with Gasteiger partial charge in [-0.15, -0.1) is 0 Å². The Hall–Kier alpha value is -6.59. The lowest BCUT2D eigenvalue weighted by atomic mass is 10.0. The summed E-state index contributed by atoms with van der Waals surface area (Å²) in [6.45, 7) is 0. The van der Waals surface area contributed by atoms with E-state index in [0.29, 0.717) is 5.89 Å². The van der Waals surface area contributed by atoms with Crippen molar-refractivity contribution in [3.63, 3.8) is 0 Å². The van der Waals surface area contributed by atoms with Crippen LogP contribution in [-0.2, 0) is 0 Å². The first-order valence-corrected chi connectivity index (χ1v) is 15.9. The number of benzene rings is 6. The van der Waals surface area contributed by atoms with Crippen molar-refractivity contribution in [1.82, 2.24) is 15.0 Å². The predicted molar refractivity (Wildman–Crippen MR) is 196 cm³/mol. The molecule has 0 saturated carbocycles. The molecule has 0 aliphatic rings. The Morgan fingerprint density at radius 3 is 1.92 bits per heavy atom. The highest BCUT2D eigenvalue weighted by atomic mass is 16.3. The van der Waals surface area contributed by atoms with Crippen LogP contribution in [-0.4, -0.2) is 15.0 Å². The van der Waals surface area contributed by atoms with Crippen LogP contribution in [0.4, 0.5) is 17.1 Å². The number of fused-ring (bicyclic) bond motifs is 3. The zero-order valence-corrected chi connectivity index (χ0v) is 25.9. The zero-order chi connectivity index (χ0) is 31.9. The molecule has 5 heteroatoms. The van der Waals surface area contributed by atoms with Crippen molar-refractivity contribution in [3.05, 3.63) is 170 Å². The van der Waals surface area contributed by atoms with Gasteiger partial charge in [0.2, 0.25) is 5.89 Å². The third kappa shape index (κ3) is 5.04. The molecule has 0 saturated heterocycles. The van der Waals surface area contributed by atoms with Crippen LogP contribution in [0.1, 0.15) is 0 Å². The van der Waals surface area contributed by atoms with E-state index in [2.05, 4.69) is 131 Å². The van der Waals surface area contributed by atoms with Crippen LogP contribution in [0.15, 0.2) is 174 Å². The normalized spacial score (nSPS) is 11.3. The average molecular weight is 617 g/mol. The van der Waals surface area contributed by atoms with Crippen molar-refractivity contribution in [1.29, 1.82) is 0 Å². The Morgan fingerprint density at radius 1 is 0.458 bits per heavy atom. The molecule has 0 N–H and O–H groups in total. The van der Waals surface area contributed by atoms with Gasteiger partial charge in [-0.25, -0.2) is 9.97 Å². The van der Waals surface area contributed by atoms with Crippen LogP contribution >= 0.6 is 0 Å². The van der Waals surface area contributed by atoms with Crippen molar-refractivity contribution in [3.8, 4) is 33.8 Å². The smallest absolute Gasteiger partial charge is 0.227 e. The lowest BCUT2D eigenvalue weighted by Gasteiger charge is -2.26. The molecular formula is C43H28N4O. The van der Waals surface area contributed by atoms with E-state index in [1.54, 1.807) is 0 Å². The molecule has 0 atom stereocenters. The summed E-state index contributed by atoms with van der Waals surface area (Å²) in [4.78, 5) is 16.7. The summed E-state index contributed by atoms with van der Waals surface area (Å²) in [5, 5.41) is 2.39. The van der Waals surface area contributed by atoms with Gasteiger partial charge in [0.25, 0.3) is 0 Å². The number of para-hydroxylation sites is 2. The van der Waals surface area contributed by atoms with E-state index >= 15 is 0 Å². The lowest BCUT2D eigenvalue weighted by Crippen LogP contribution is -2.09. The number of anilines is 3. The monoisotopic (exact) mass is 616 g/mol. The molecule has 0 bridgehead atoms. The number of hydrogen-bond donors (Lipinski definition) is 0. The maximum atomic E-state index is 6.06. The fraction of sp³-hybridized carbons (Fsp3) is 0. The van der Waals surface area contributed by atoms with Gasteiger partial charge in [-0.3, -0.25) is 4.98 Å². The van der Waals surface area contributed by atoms with Crippen LogP contribution in [0, 0.1) is 0 Å². The van der Waals surface area contributed by atoms with Crippen LogP contribution in [0.2, 0.25) is 0 Å². The van der Waals surface area contributed by atoms with E-state index in [0.717, 1.165) is 67.1 Å². The second-order valence-electron chi connectivity index (χ2n) is 11.7. The molecule has 9 aromatic rings. The largest absolute Gasteiger partial charge is 0.436 e. The van der Waals surface area contributed by atoms with Gasteiger partial charge in [-0.2, -0.15) is 0 Å². The summed E-state index contributed by atoms with van der Waals surface area (Å²) in [6.07, 6.45) is 1.83. The molecular weight excluding hydrogens is 589 g/mol. The molecule has 0 unspecified atom stereocenters. The van der Waals surface area contributed by atoms with Gasteiger partial charge < -0.3 is 9.32 Å². The van der Waals surface area contributed by atoms with Gasteiger partial charge in [-0.1, -0.05) is 84.9 Å². The molecule has 3 heterocycles. The quantitative estimate of drug-likeness (QED) is 0.186. The van der Waals surface area contributed by atoms with E-state index < -0.39 is 0 Å². The predicted octanol–water partition coefficient (Wildman–Crippen LogP) is 11.4. The van der Waals surface area contributed by atoms with Crippen molar-refractivity contribution in [2.45, 2.75) is 0 Å². The minimum atomic E-state index is 0.609. The topological polar surface area (TPSA) is 55.1 Å². The van der Waals surface area contributed by atoms with Gasteiger partial charge in [0.15, 0.2) is 5.58 Å². The summed E-state index contributed by atoms with van der Waals surface area (Å²) < 4.78 is 6.06. The highest BCUT2D eigenvalue weighted by molar-refractivity contribution is 5.94. The SMILES string of the molecule is c1ccc(-c2cc(-c3ccc(N(c4ccc(-c5nc6ccccc6o5)cc4)c4ccc5ccccc5c4)cc3)nc3cccnc23)cc1. The van der Waals surface area contributed by atoms with Gasteiger partial charge in [0, 0.05) is 39.9 Å². The van der Waals surface area contributed by atoms with Crippen molar-refractivity contribution < 1.29 is 4.42 Å². The Balaban J connectivity index is 1.13. The lowest BCUT2D eigenvalue weighted by molar-refractivity contribution is 0.620. The number of hydrogen-bond acceptors (Lipinski definition) is 5. The molecule has 48 heavy (non-hydrogen) atoms. The van der Waals surface area contributed by atoms with Gasteiger partial charge in [-0.05, 0) is 95.2 Å². The van der Waals surface area contributed by atoms with E-state index in [4.69, 9.17) is 14.4 Å². The first-order chi connectivity index (χ1) is 23.8. The number of rotatable bonds is 6. The Morgan fingerprint density at radius 2 is 1.12 bits per heavy atom. The molecule has 0 radical (unpaired) electrons. The summed E-state index contributed by atoms with van der Waals surface area (Å²) in [5.41, 5.74) is 11.6. The van der Waals surface area contributed by atoms with Crippen molar-refractivity contribution in [2.75, 3.05) is 4.90 Å². The van der Waals surface area contributed by atoms with Gasteiger partial charge >= 0.3 is 0 Å². The minimum Gasteiger partial charge on any atom is -0.436 e. The van der Waals surface area contributed by atoms with Crippen LogP contribution in [0.25, 0.3) is 66.7 Å².